The highest BCUT2D eigenvalue weighted by Gasteiger charge is 2.30. The van der Waals surface area contributed by atoms with Crippen LogP contribution in [0.25, 0.3) is 0 Å². The summed E-state index contributed by atoms with van der Waals surface area (Å²) in [6.07, 6.45) is -0.0120. The van der Waals surface area contributed by atoms with Gasteiger partial charge in [-0.2, -0.15) is 0 Å². The van der Waals surface area contributed by atoms with Gasteiger partial charge in [0.15, 0.2) is 6.10 Å². The minimum Gasteiger partial charge on any atom is -0.453 e. The van der Waals surface area contributed by atoms with E-state index in [-0.39, 0.29) is 23.6 Å². The Bertz CT molecular complexity index is 535. The Morgan fingerprint density at radius 2 is 1.55 bits per heavy atom. The second-order valence-electron chi connectivity index (χ2n) is 6.55. The maximum Gasteiger partial charge on any atom is 0.309 e. The van der Waals surface area contributed by atoms with Crippen molar-refractivity contribution in [3.8, 4) is 0 Å². The zero-order valence-electron chi connectivity index (χ0n) is 14.8. The molecule has 1 aromatic carbocycles. The lowest BCUT2D eigenvalue weighted by molar-refractivity contribution is -0.153. The number of benzene rings is 1. The molecule has 0 saturated heterocycles. The Morgan fingerprint density at radius 3 is 1.95 bits per heavy atom. The van der Waals surface area contributed by atoms with E-state index in [1.807, 2.05) is 60.6 Å². The summed E-state index contributed by atoms with van der Waals surface area (Å²) in [6.45, 7) is 13.5. The average molecular weight is 304 g/mol. The van der Waals surface area contributed by atoms with E-state index < -0.39 is 6.10 Å². The van der Waals surface area contributed by atoms with Crippen LogP contribution in [0.1, 0.15) is 61.2 Å². The number of ketones is 1. The third-order valence-electron chi connectivity index (χ3n) is 4.05. The van der Waals surface area contributed by atoms with Crippen LogP contribution >= 0.6 is 0 Å². The first-order chi connectivity index (χ1) is 10.2. The summed E-state index contributed by atoms with van der Waals surface area (Å²) in [6, 6.07) is 3.99. The molecule has 0 fully saturated rings. The quantitative estimate of drug-likeness (QED) is 0.577. The van der Waals surface area contributed by atoms with Crippen molar-refractivity contribution in [2.24, 2.45) is 11.8 Å². The predicted octanol–water partition coefficient (Wildman–Crippen LogP) is 4.41. The summed E-state index contributed by atoms with van der Waals surface area (Å²) >= 11 is 0. The van der Waals surface area contributed by atoms with E-state index >= 15 is 0 Å². The Kier molecular flexibility index (Phi) is 6.34. The first-order valence-electron chi connectivity index (χ1n) is 8.01. The van der Waals surface area contributed by atoms with Gasteiger partial charge in [0.2, 0.25) is 5.78 Å². The number of ether oxygens (including phenoxy) is 1. The molecule has 122 valence electrons. The highest BCUT2D eigenvalue weighted by Crippen LogP contribution is 2.23. The Hall–Kier alpha value is -1.64. The highest BCUT2D eigenvalue weighted by molar-refractivity contribution is 6.03. The number of carbonyl (C=O) groups excluding carboxylic acids is 2. The van der Waals surface area contributed by atoms with E-state index in [0.29, 0.717) is 12.0 Å². The van der Waals surface area contributed by atoms with Gasteiger partial charge in [0.1, 0.15) is 0 Å². The molecule has 0 saturated carbocycles. The SMILES string of the molecule is CCC(C)C(=O)OC(C(=O)c1c(C)cc(C)cc1C)C(C)C. The molecule has 3 nitrogen and oxygen atoms in total. The third kappa shape index (κ3) is 4.19. The molecule has 0 aliphatic carbocycles. The molecule has 3 heteroatoms. The van der Waals surface area contributed by atoms with Crippen LogP contribution < -0.4 is 0 Å². The second kappa shape index (κ2) is 7.57. The molecule has 0 amide bonds. The van der Waals surface area contributed by atoms with Gasteiger partial charge in [0.05, 0.1) is 5.92 Å². The second-order valence-corrected chi connectivity index (χ2v) is 6.55. The molecule has 0 aromatic heterocycles. The zero-order valence-corrected chi connectivity index (χ0v) is 14.8. The van der Waals surface area contributed by atoms with E-state index in [0.717, 1.165) is 16.7 Å². The molecule has 1 rings (SSSR count). The Morgan fingerprint density at radius 1 is 1.05 bits per heavy atom. The van der Waals surface area contributed by atoms with Crippen LogP contribution in [0, 0.1) is 32.6 Å². The number of esters is 1. The minimum atomic E-state index is -0.721. The maximum atomic E-state index is 12.9. The van der Waals surface area contributed by atoms with Crippen LogP contribution in [0.15, 0.2) is 12.1 Å². The zero-order chi connectivity index (χ0) is 17.0. The van der Waals surface area contributed by atoms with E-state index in [2.05, 4.69) is 0 Å². The van der Waals surface area contributed by atoms with Crippen molar-refractivity contribution in [2.75, 3.05) is 0 Å². The van der Waals surface area contributed by atoms with Crippen molar-refractivity contribution >= 4 is 11.8 Å². The van der Waals surface area contributed by atoms with Crippen molar-refractivity contribution in [3.63, 3.8) is 0 Å². The molecule has 0 spiro atoms. The molecule has 0 radical (unpaired) electrons. The van der Waals surface area contributed by atoms with Gasteiger partial charge in [0, 0.05) is 5.56 Å². The van der Waals surface area contributed by atoms with Crippen molar-refractivity contribution in [2.45, 2.75) is 61.0 Å². The lowest BCUT2D eigenvalue weighted by Gasteiger charge is -2.23. The van der Waals surface area contributed by atoms with Crippen LogP contribution in [0.2, 0.25) is 0 Å². The normalized spacial score (nSPS) is 13.8. The fourth-order valence-corrected chi connectivity index (χ4v) is 2.61. The van der Waals surface area contributed by atoms with Crippen molar-refractivity contribution < 1.29 is 14.3 Å². The van der Waals surface area contributed by atoms with E-state index in [1.165, 1.54) is 0 Å². The minimum absolute atomic E-state index is 0.0550. The van der Waals surface area contributed by atoms with Gasteiger partial charge in [-0.15, -0.1) is 0 Å². The molecule has 22 heavy (non-hydrogen) atoms. The maximum absolute atomic E-state index is 12.9. The van der Waals surface area contributed by atoms with Crippen molar-refractivity contribution in [1.29, 1.82) is 0 Å². The van der Waals surface area contributed by atoms with Crippen LogP contribution in [0.3, 0.4) is 0 Å². The standard InChI is InChI=1S/C19H28O3/c1-8-13(5)19(21)22-18(11(2)3)17(20)16-14(6)9-12(4)10-15(16)7/h9-11,13,18H,8H2,1-7H3. The molecule has 0 N–H and O–H groups in total. The fraction of sp³-hybridized carbons (Fsp3) is 0.579. The average Bonchev–Trinajstić information content (AvgIpc) is 2.41. The fourth-order valence-electron chi connectivity index (χ4n) is 2.61. The van der Waals surface area contributed by atoms with Crippen molar-refractivity contribution in [3.05, 3.63) is 34.4 Å². The Balaban J connectivity index is 3.13. The molecular weight excluding hydrogens is 276 g/mol. The van der Waals surface area contributed by atoms with Gasteiger partial charge in [-0.25, -0.2) is 0 Å². The van der Waals surface area contributed by atoms with Gasteiger partial charge in [0.25, 0.3) is 0 Å². The molecule has 1 aromatic rings. The summed E-state index contributed by atoms with van der Waals surface area (Å²) in [5.41, 5.74) is 3.69. The molecule has 0 aliphatic heterocycles. The summed E-state index contributed by atoms with van der Waals surface area (Å²) < 4.78 is 5.53. The highest BCUT2D eigenvalue weighted by atomic mass is 16.5. The molecule has 0 bridgehead atoms. The first kappa shape index (κ1) is 18.4. The van der Waals surface area contributed by atoms with Crippen LogP contribution in [-0.4, -0.2) is 17.9 Å². The number of rotatable bonds is 6. The lowest BCUT2D eigenvalue weighted by Crippen LogP contribution is -2.34. The number of carbonyl (C=O) groups is 2. The van der Waals surface area contributed by atoms with Gasteiger partial charge in [-0.1, -0.05) is 45.4 Å². The topological polar surface area (TPSA) is 43.4 Å². The molecule has 2 atom stereocenters. The number of aryl methyl sites for hydroxylation is 3. The van der Waals surface area contributed by atoms with E-state index in [4.69, 9.17) is 4.74 Å². The molecule has 0 heterocycles. The van der Waals surface area contributed by atoms with Crippen LogP contribution in [-0.2, 0) is 9.53 Å². The summed E-state index contributed by atoms with van der Waals surface area (Å²) in [7, 11) is 0. The summed E-state index contributed by atoms with van der Waals surface area (Å²) in [5, 5.41) is 0. The van der Waals surface area contributed by atoms with E-state index in [1.54, 1.807) is 0 Å². The molecule has 2 unspecified atom stereocenters. The predicted molar refractivity (Wildman–Crippen MR) is 89.2 cm³/mol. The number of hydrogen-bond acceptors (Lipinski definition) is 3. The third-order valence-corrected chi connectivity index (χ3v) is 4.05. The van der Waals surface area contributed by atoms with Crippen LogP contribution in [0.5, 0.6) is 0 Å². The van der Waals surface area contributed by atoms with Gasteiger partial charge in [-0.05, 0) is 44.2 Å². The van der Waals surface area contributed by atoms with Gasteiger partial charge in [-0.3, -0.25) is 9.59 Å². The monoisotopic (exact) mass is 304 g/mol. The molecule has 0 aliphatic rings. The lowest BCUT2D eigenvalue weighted by atomic mass is 9.90. The Labute approximate surface area is 134 Å². The largest absolute Gasteiger partial charge is 0.453 e. The summed E-state index contributed by atoms with van der Waals surface area (Å²) in [4.78, 5) is 25.0. The van der Waals surface area contributed by atoms with Gasteiger partial charge >= 0.3 is 5.97 Å². The smallest absolute Gasteiger partial charge is 0.309 e. The summed E-state index contributed by atoms with van der Waals surface area (Å²) in [5.74, 6) is -0.631. The van der Waals surface area contributed by atoms with Crippen LogP contribution in [0.4, 0.5) is 0 Å². The number of hydrogen-bond donors (Lipinski definition) is 0. The van der Waals surface area contributed by atoms with Gasteiger partial charge < -0.3 is 4.74 Å². The number of Topliss-reactive ketones (excluding diaryl/α,β-unsaturated/α-hetero) is 1. The van der Waals surface area contributed by atoms with E-state index in [9.17, 15) is 9.59 Å². The molecular formula is C19H28O3. The first-order valence-corrected chi connectivity index (χ1v) is 8.01. The van der Waals surface area contributed by atoms with Crippen molar-refractivity contribution in [1.82, 2.24) is 0 Å².